The van der Waals surface area contributed by atoms with Crippen LogP contribution < -0.4 is 4.90 Å². The number of pyridine rings is 1. The first-order valence-corrected chi connectivity index (χ1v) is 8.96. The van der Waals surface area contributed by atoms with E-state index >= 15 is 0 Å². The van der Waals surface area contributed by atoms with Gasteiger partial charge in [0.05, 0.1) is 23.6 Å². The molecule has 0 saturated carbocycles. The van der Waals surface area contributed by atoms with E-state index in [9.17, 15) is 19.7 Å². The van der Waals surface area contributed by atoms with Gasteiger partial charge in [-0.1, -0.05) is 17.7 Å². The van der Waals surface area contributed by atoms with Crippen molar-refractivity contribution in [3.05, 3.63) is 61.2 Å². The summed E-state index contributed by atoms with van der Waals surface area (Å²) >= 11 is 9.39. The van der Waals surface area contributed by atoms with Gasteiger partial charge in [-0.05, 0) is 46.6 Å². The first-order chi connectivity index (χ1) is 12.7. The van der Waals surface area contributed by atoms with Crippen LogP contribution in [0.1, 0.15) is 29.8 Å². The van der Waals surface area contributed by atoms with Crippen LogP contribution in [0.2, 0.25) is 5.02 Å². The summed E-state index contributed by atoms with van der Waals surface area (Å²) in [6.45, 7) is 3.14. The number of nitro groups is 1. The van der Waals surface area contributed by atoms with Crippen LogP contribution in [0.4, 0.5) is 11.5 Å². The van der Waals surface area contributed by atoms with Crippen molar-refractivity contribution in [3.63, 3.8) is 0 Å². The predicted octanol–water partition coefficient (Wildman–Crippen LogP) is 4.14. The Kier molecular flexibility index (Phi) is 6.86. The minimum absolute atomic E-state index is 0.0540. The van der Waals surface area contributed by atoms with Gasteiger partial charge in [-0.15, -0.1) is 0 Å². The monoisotopic (exact) mass is 455 g/mol. The molecule has 1 aromatic carbocycles. The highest BCUT2D eigenvalue weighted by molar-refractivity contribution is 9.10. The van der Waals surface area contributed by atoms with E-state index in [1.807, 2.05) is 0 Å². The highest BCUT2D eigenvalue weighted by atomic mass is 79.9. The summed E-state index contributed by atoms with van der Waals surface area (Å²) in [7, 11) is 0. The molecule has 0 fully saturated rings. The molecule has 142 valence electrons. The molecule has 0 N–H and O–H groups in total. The highest BCUT2D eigenvalue weighted by Gasteiger charge is 2.25. The molecule has 0 radical (unpaired) electrons. The molecule has 0 atom stereocenters. The van der Waals surface area contributed by atoms with Crippen LogP contribution in [0.25, 0.3) is 0 Å². The zero-order valence-electron chi connectivity index (χ0n) is 14.4. The zero-order valence-corrected chi connectivity index (χ0v) is 16.8. The van der Waals surface area contributed by atoms with Gasteiger partial charge >= 0.3 is 11.7 Å². The van der Waals surface area contributed by atoms with Crippen molar-refractivity contribution in [3.8, 4) is 0 Å². The highest BCUT2D eigenvalue weighted by Crippen LogP contribution is 2.30. The van der Waals surface area contributed by atoms with E-state index in [0.29, 0.717) is 10.2 Å². The molecule has 0 aliphatic carbocycles. The molecule has 0 aliphatic rings. The van der Waals surface area contributed by atoms with Gasteiger partial charge in [0.1, 0.15) is 4.60 Å². The van der Waals surface area contributed by atoms with Gasteiger partial charge in [-0.2, -0.15) is 0 Å². The number of anilines is 1. The Morgan fingerprint density at radius 3 is 2.59 bits per heavy atom. The fourth-order valence-electron chi connectivity index (χ4n) is 2.28. The molecule has 10 heteroatoms. The zero-order chi connectivity index (χ0) is 20.1. The molecular weight excluding hydrogens is 442 g/mol. The summed E-state index contributed by atoms with van der Waals surface area (Å²) < 4.78 is 5.26. The number of aromatic nitrogens is 1. The normalized spacial score (nSPS) is 10.4. The van der Waals surface area contributed by atoms with E-state index in [2.05, 4.69) is 20.9 Å². The number of ether oxygens (including phenoxy) is 1. The van der Waals surface area contributed by atoms with Gasteiger partial charge in [-0.3, -0.25) is 19.8 Å². The second-order valence-electron chi connectivity index (χ2n) is 5.37. The fourth-order valence-corrected chi connectivity index (χ4v) is 2.82. The first-order valence-electron chi connectivity index (χ1n) is 7.79. The number of nitrogens with zero attached hydrogens (tertiary/aromatic N) is 3. The molecule has 0 unspecified atom stereocenters. The molecule has 0 saturated heterocycles. The SMILES string of the molecule is CCOC(=O)c1ccc(CN(C(C)=O)c2nc(Br)ccc2[N+](=O)[O-])c(Cl)c1. The van der Waals surface area contributed by atoms with E-state index < -0.39 is 16.8 Å². The Balaban J connectivity index is 2.41. The Labute approximate surface area is 168 Å². The van der Waals surface area contributed by atoms with Crippen molar-refractivity contribution in [2.75, 3.05) is 11.5 Å². The van der Waals surface area contributed by atoms with Crippen molar-refractivity contribution in [2.45, 2.75) is 20.4 Å². The summed E-state index contributed by atoms with van der Waals surface area (Å²) in [5.41, 5.74) is 0.454. The average molecular weight is 457 g/mol. The van der Waals surface area contributed by atoms with Gasteiger partial charge in [-0.25, -0.2) is 9.78 Å². The lowest BCUT2D eigenvalue weighted by molar-refractivity contribution is -0.384. The van der Waals surface area contributed by atoms with Gasteiger partial charge < -0.3 is 4.74 Å². The Morgan fingerprint density at radius 2 is 2.04 bits per heavy atom. The molecule has 0 spiro atoms. The van der Waals surface area contributed by atoms with Crippen LogP contribution in [0, 0.1) is 10.1 Å². The topological polar surface area (TPSA) is 103 Å². The Morgan fingerprint density at radius 1 is 1.33 bits per heavy atom. The third kappa shape index (κ3) is 5.01. The van der Waals surface area contributed by atoms with Gasteiger partial charge in [0.2, 0.25) is 11.7 Å². The maximum atomic E-state index is 12.1. The third-order valence-corrected chi connectivity index (χ3v) is 4.34. The smallest absolute Gasteiger partial charge is 0.338 e. The molecular formula is C17H15BrClN3O5. The summed E-state index contributed by atoms with van der Waals surface area (Å²) in [5.74, 6) is -1.07. The van der Waals surface area contributed by atoms with Gasteiger partial charge in [0, 0.05) is 18.0 Å². The molecule has 0 aliphatic heterocycles. The minimum atomic E-state index is -0.615. The molecule has 8 nitrogen and oxygen atoms in total. The second kappa shape index (κ2) is 8.92. The van der Waals surface area contributed by atoms with Crippen molar-refractivity contribution in [2.24, 2.45) is 0 Å². The van der Waals surface area contributed by atoms with Crippen LogP contribution in [-0.2, 0) is 16.1 Å². The summed E-state index contributed by atoms with van der Waals surface area (Å²) in [5, 5.41) is 11.5. The minimum Gasteiger partial charge on any atom is -0.462 e. The molecule has 2 rings (SSSR count). The number of amides is 1. The third-order valence-electron chi connectivity index (χ3n) is 3.55. The maximum absolute atomic E-state index is 12.1. The molecule has 1 amide bonds. The van der Waals surface area contributed by atoms with E-state index in [0.717, 1.165) is 4.90 Å². The lowest BCUT2D eigenvalue weighted by atomic mass is 10.1. The van der Waals surface area contributed by atoms with Crippen molar-refractivity contribution >= 4 is 50.9 Å². The molecule has 0 bridgehead atoms. The lowest BCUT2D eigenvalue weighted by Crippen LogP contribution is -2.29. The number of carbonyl (C=O) groups is 2. The predicted molar refractivity (Wildman–Crippen MR) is 103 cm³/mol. The van der Waals surface area contributed by atoms with Crippen LogP contribution in [0.15, 0.2) is 34.9 Å². The van der Waals surface area contributed by atoms with Crippen LogP contribution in [0.5, 0.6) is 0 Å². The lowest BCUT2D eigenvalue weighted by Gasteiger charge is -2.21. The Bertz CT molecular complexity index is 906. The number of carbonyl (C=O) groups excluding carboxylic acids is 2. The van der Waals surface area contributed by atoms with Crippen LogP contribution >= 0.6 is 27.5 Å². The summed E-state index contributed by atoms with van der Waals surface area (Å²) in [4.78, 5) is 39.8. The van der Waals surface area contributed by atoms with E-state index in [4.69, 9.17) is 16.3 Å². The summed E-state index contributed by atoms with van der Waals surface area (Å²) in [6, 6.07) is 7.18. The van der Waals surface area contributed by atoms with Crippen LogP contribution in [0.3, 0.4) is 0 Å². The number of esters is 1. The standard InChI is InChI=1S/C17H15BrClN3O5/c1-3-27-17(24)11-4-5-12(13(19)8-11)9-21(10(2)23)16-14(22(25)26)6-7-15(18)20-16/h4-8H,3,9H2,1-2H3. The molecule has 1 aromatic heterocycles. The van der Waals surface area contributed by atoms with Crippen molar-refractivity contribution in [1.82, 2.24) is 4.98 Å². The molecule has 2 aromatic rings. The van der Waals surface area contributed by atoms with E-state index in [1.165, 1.54) is 31.2 Å². The number of hydrogen-bond acceptors (Lipinski definition) is 6. The van der Waals surface area contributed by atoms with Gasteiger partial charge in [0.25, 0.3) is 0 Å². The second-order valence-corrected chi connectivity index (χ2v) is 6.59. The van der Waals surface area contributed by atoms with E-state index in [-0.39, 0.29) is 35.2 Å². The number of hydrogen-bond donors (Lipinski definition) is 0. The largest absolute Gasteiger partial charge is 0.462 e. The molecule has 27 heavy (non-hydrogen) atoms. The van der Waals surface area contributed by atoms with E-state index in [1.54, 1.807) is 13.0 Å². The molecule has 1 heterocycles. The van der Waals surface area contributed by atoms with Crippen molar-refractivity contribution in [1.29, 1.82) is 0 Å². The quantitative estimate of drug-likeness (QED) is 0.280. The van der Waals surface area contributed by atoms with Crippen molar-refractivity contribution < 1.29 is 19.2 Å². The summed E-state index contributed by atoms with van der Waals surface area (Å²) in [6.07, 6.45) is 0. The number of halogens is 2. The number of benzene rings is 1. The van der Waals surface area contributed by atoms with Gasteiger partial charge in [0.15, 0.2) is 0 Å². The number of rotatable bonds is 6. The first kappa shape index (κ1) is 20.8. The Hall–Kier alpha value is -2.52. The van der Waals surface area contributed by atoms with Crippen LogP contribution in [-0.4, -0.2) is 28.4 Å². The maximum Gasteiger partial charge on any atom is 0.338 e. The fraction of sp³-hybridized carbons (Fsp3) is 0.235. The average Bonchev–Trinajstić information content (AvgIpc) is 2.60.